The average Bonchev–Trinajstić information content (AvgIpc) is 2.55. The summed E-state index contributed by atoms with van der Waals surface area (Å²) in [6.45, 7) is 9.76. The van der Waals surface area contributed by atoms with Crippen LogP contribution in [0.4, 0.5) is 0 Å². The van der Waals surface area contributed by atoms with Gasteiger partial charge in [-0.1, -0.05) is 19.9 Å². The third-order valence-electron chi connectivity index (χ3n) is 2.68. The third kappa shape index (κ3) is 3.70. The molecular weight excluding hydrogens is 216 g/mol. The highest BCUT2D eigenvalue weighted by atomic mass is 16.5. The first kappa shape index (κ1) is 14.0. The Kier molecular flexibility index (Phi) is 5.42. The summed E-state index contributed by atoms with van der Waals surface area (Å²) in [4.78, 5) is 12.0. The van der Waals surface area contributed by atoms with Crippen molar-refractivity contribution in [3.63, 3.8) is 0 Å². The van der Waals surface area contributed by atoms with E-state index in [0.717, 1.165) is 5.76 Å². The van der Waals surface area contributed by atoms with Crippen LogP contribution in [0.15, 0.2) is 23.5 Å². The zero-order valence-electron chi connectivity index (χ0n) is 11.2. The fraction of sp³-hybridized carbons (Fsp3) is 0.643. The van der Waals surface area contributed by atoms with Gasteiger partial charge in [-0.15, -0.1) is 0 Å². The largest absolute Gasteiger partial charge is 0.493 e. The molecule has 0 spiro atoms. The molecule has 0 aromatic rings. The lowest BCUT2D eigenvalue weighted by Crippen LogP contribution is -2.10. The molecule has 3 heteroatoms. The van der Waals surface area contributed by atoms with E-state index in [9.17, 15) is 4.79 Å². The van der Waals surface area contributed by atoms with Crippen molar-refractivity contribution in [2.45, 2.75) is 27.7 Å². The molecule has 96 valence electrons. The lowest BCUT2D eigenvalue weighted by molar-refractivity contribution is -0.116. The van der Waals surface area contributed by atoms with Crippen molar-refractivity contribution in [3.05, 3.63) is 23.5 Å². The highest BCUT2D eigenvalue weighted by Gasteiger charge is 2.28. The Morgan fingerprint density at radius 1 is 1.41 bits per heavy atom. The van der Waals surface area contributed by atoms with Gasteiger partial charge in [-0.25, -0.2) is 0 Å². The summed E-state index contributed by atoms with van der Waals surface area (Å²) in [5.41, 5.74) is 0.714. The molecule has 1 aliphatic carbocycles. The molecule has 0 aliphatic heterocycles. The molecule has 0 aromatic carbocycles. The number of hydrogen-bond donors (Lipinski definition) is 0. The van der Waals surface area contributed by atoms with Crippen molar-refractivity contribution in [1.29, 1.82) is 0 Å². The highest BCUT2D eigenvalue weighted by molar-refractivity contribution is 6.04. The molecule has 0 bridgehead atoms. The minimum atomic E-state index is -0.0675. The molecule has 3 nitrogen and oxygen atoms in total. The molecule has 1 aliphatic rings. The molecule has 17 heavy (non-hydrogen) atoms. The Morgan fingerprint density at radius 3 is 2.71 bits per heavy atom. The van der Waals surface area contributed by atoms with Crippen LogP contribution >= 0.6 is 0 Å². The fourth-order valence-electron chi connectivity index (χ4n) is 1.84. The number of hydrogen-bond acceptors (Lipinski definition) is 3. The summed E-state index contributed by atoms with van der Waals surface area (Å²) in [6.07, 6.45) is 3.86. The van der Waals surface area contributed by atoms with Gasteiger partial charge in [0.15, 0.2) is 5.78 Å². The van der Waals surface area contributed by atoms with E-state index in [4.69, 9.17) is 9.47 Å². The predicted molar refractivity (Wildman–Crippen MR) is 67.6 cm³/mol. The first-order valence-electron chi connectivity index (χ1n) is 6.28. The lowest BCUT2D eigenvalue weighted by atomic mass is 10.0. The first-order chi connectivity index (χ1) is 8.10. The van der Waals surface area contributed by atoms with Crippen LogP contribution in [0.2, 0.25) is 0 Å². The standard InChI is InChI=1S/C14H22O3/c1-5-16-9-10(3)7-12-13(17-6-2)8-11(4)14(12)15/h7-8,10-11H,5-6,9H2,1-4H3/t10-,11?/m0/s1. The number of allylic oxidation sites excluding steroid dienone is 2. The second-order valence-corrected chi connectivity index (χ2v) is 4.33. The van der Waals surface area contributed by atoms with Gasteiger partial charge in [-0.2, -0.15) is 0 Å². The molecule has 0 saturated heterocycles. The van der Waals surface area contributed by atoms with E-state index in [2.05, 4.69) is 0 Å². The summed E-state index contributed by atoms with van der Waals surface area (Å²) in [5.74, 6) is 1.04. The van der Waals surface area contributed by atoms with E-state index in [1.54, 1.807) is 0 Å². The van der Waals surface area contributed by atoms with Crippen LogP contribution in [-0.4, -0.2) is 25.6 Å². The van der Waals surface area contributed by atoms with Gasteiger partial charge in [0.2, 0.25) is 0 Å². The quantitative estimate of drug-likeness (QED) is 0.667. The van der Waals surface area contributed by atoms with Crippen LogP contribution < -0.4 is 0 Å². The maximum atomic E-state index is 12.0. The Balaban J connectivity index is 2.75. The topological polar surface area (TPSA) is 35.5 Å². The molecule has 0 N–H and O–H groups in total. The predicted octanol–water partition coefficient (Wildman–Crippen LogP) is 2.72. The van der Waals surface area contributed by atoms with E-state index in [1.165, 1.54) is 0 Å². The molecule has 2 atom stereocenters. The summed E-state index contributed by atoms with van der Waals surface area (Å²) in [6, 6.07) is 0. The number of ketones is 1. The number of rotatable bonds is 6. The highest BCUT2D eigenvalue weighted by Crippen LogP contribution is 2.28. The van der Waals surface area contributed by atoms with E-state index in [1.807, 2.05) is 39.8 Å². The van der Waals surface area contributed by atoms with Gasteiger partial charge in [0.05, 0.1) is 18.8 Å². The van der Waals surface area contributed by atoms with Gasteiger partial charge in [-0.05, 0) is 25.8 Å². The molecular formula is C14H22O3. The second kappa shape index (κ2) is 6.60. The van der Waals surface area contributed by atoms with Gasteiger partial charge in [0.25, 0.3) is 0 Å². The van der Waals surface area contributed by atoms with Crippen LogP contribution in [-0.2, 0) is 14.3 Å². The van der Waals surface area contributed by atoms with Gasteiger partial charge < -0.3 is 9.47 Å². The number of ether oxygens (including phenoxy) is 2. The Labute approximate surface area is 103 Å². The monoisotopic (exact) mass is 238 g/mol. The zero-order valence-corrected chi connectivity index (χ0v) is 11.2. The van der Waals surface area contributed by atoms with Crippen LogP contribution in [0.5, 0.6) is 0 Å². The van der Waals surface area contributed by atoms with E-state index >= 15 is 0 Å². The van der Waals surface area contributed by atoms with Gasteiger partial charge in [-0.3, -0.25) is 4.79 Å². The number of carbonyl (C=O) groups is 1. The van der Waals surface area contributed by atoms with Crippen LogP contribution in [0, 0.1) is 11.8 Å². The molecule has 0 heterocycles. The maximum absolute atomic E-state index is 12.0. The molecule has 1 unspecified atom stereocenters. The Bertz CT molecular complexity index is 328. The van der Waals surface area contributed by atoms with Crippen LogP contribution in [0.1, 0.15) is 27.7 Å². The van der Waals surface area contributed by atoms with Crippen molar-refractivity contribution in [1.82, 2.24) is 0 Å². The maximum Gasteiger partial charge on any atom is 0.172 e. The number of carbonyl (C=O) groups excluding carboxylic acids is 1. The zero-order chi connectivity index (χ0) is 12.8. The SMILES string of the molecule is CCOC[C@@H](C)C=C1C(=O)C(C)C=C1OCC. The van der Waals surface area contributed by atoms with E-state index in [-0.39, 0.29) is 17.6 Å². The van der Waals surface area contributed by atoms with Crippen LogP contribution in [0.25, 0.3) is 0 Å². The Hall–Kier alpha value is -1.09. The molecule has 1 rings (SSSR count). The second-order valence-electron chi connectivity index (χ2n) is 4.33. The summed E-state index contributed by atoms with van der Waals surface area (Å²) >= 11 is 0. The van der Waals surface area contributed by atoms with E-state index in [0.29, 0.717) is 25.4 Å². The smallest absolute Gasteiger partial charge is 0.172 e. The molecule has 0 aromatic heterocycles. The average molecular weight is 238 g/mol. The first-order valence-corrected chi connectivity index (χ1v) is 6.28. The van der Waals surface area contributed by atoms with E-state index < -0.39 is 0 Å². The van der Waals surface area contributed by atoms with Crippen molar-refractivity contribution in [3.8, 4) is 0 Å². The van der Waals surface area contributed by atoms with Crippen molar-refractivity contribution in [2.24, 2.45) is 11.8 Å². The molecule has 0 fully saturated rings. The summed E-state index contributed by atoms with van der Waals surface area (Å²) < 4.78 is 10.8. The lowest BCUT2D eigenvalue weighted by Gasteiger charge is -2.10. The number of Topliss-reactive ketones (excluding diaryl/α,β-unsaturated/α-hetero) is 1. The van der Waals surface area contributed by atoms with Crippen molar-refractivity contribution < 1.29 is 14.3 Å². The Morgan fingerprint density at radius 2 is 2.12 bits per heavy atom. The molecule has 0 saturated carbocycles. The minimum absolute atomic E-state index is 0.0675. The fourth-order valence-corrected chi connectivity index (χ4v) is 1.84. The minimum Gasteiger partial charge on any atom is -0.493 e. The molecule has 0 radical (unpaired) electrons. The van der Waals surface area contributed by atoms with Crippen molar-refractivity contribution in [2.75, 3.05) is 19.8 Å². The normalized spacial score (nSPS) is 24.0. The van der Waals surface area contributed by atoms with Gasteiger partial charge in [0.1, 0.15) is 5.76 Å². The molecule has 0 amide bonds. The van der Waals surface area contributed by atoms with Crippen molar-refractivity contribution >= 4 is 5.78 Å². The summed E-state index contributed by atoms with van der Waals surface area (Å²) in [7, 11) is 0. The van der Waals surface area contributed by atoms with Gasteiger partial charge in [0, 0.05) is 12.5 Å². The summed E-state index contributed by atoms with van der Waals surface area (Å²) in [5, 5.41) is 0. The van der Waals surface area contributed by atoms with Gasteiger partial charge >= 0.3 is 0 Å². The van der Waals surface area contributed by atoms with Crippen LogP contribution in [0.3, 0.4) is 0 Å². The third-order valence-corrected chi connectivity index (χ3v) is 2.68.